The van der Waals surface area contributed by atoms with Gasteiger partial charge in [-0.15, -0.1) is 0 Å². The van der Waals surface area contributed by atoms with Crippen LogP contribution in [0.25, 0.3) is 0 Å². The second-order valence-corrected chi connectivity index (χ2v) is 6.01. The topological polar surface area (TPSA) is 75.6 Å². The van der Waals surface area contributed by atoms with E-state index in [0.29, 0.717) is 23.3 Å². The number of carbonyl (C=O) groups is 2. The van der Waals surface area contributed by atoms with Crippen molar-refractivity contribution in [1.82, 2.24) is 0 Å². The third-order valence-electron chi connectivity index (χ3n) is 4.26. The van der Waals surface area contributed by atoms with Gasteiger partial charge in [0, 0.05) is 11.6 Å². The maximum Gasteiger partial charge on any atom is 0.341 e. The van der Waals surface area contributed by atoms with E-state index in [-0.39, 0.29) is 16.8 Å². The standard InChI is InChI=1S/C15H16ClNO4/c16-11-6-8(4-5-12(11)21-7-13(18)19)17-15(20)14-9-2-1-3-10(9)14/h4-6,9-10,14H,1-3,7H2,(H,17,20)(H,18,19). The largest absolute Gasteiger partial charge is 0.480 e. The first-order valence-electron chi connectivity index (χ1n) is 7.01. The van der Waals surface area contributed by atoms with Crippen molar-refractivity contribution in [2.45, 2.75) is 19.3 Å². The van der Waals surface area contributed by atoms with Crippen LogP contribution in [0.2, 0.25) is 5.02 Å². The van der Waals surface area contributed by atoms with Crippen molar-refractivity contribution >= 4 is 29.2 Å². The van der Waals surface area contributed by atoms with Crippen molar-refractivity contribution in [3.8, 4) is 5.75 Å². The molecule has 2 aliphatic rings. The van der Waals surface area contributed by atoms with Gasteiger partial charge in [0.25, 0.3) is 0 Å². The highest BCUT2D eigenvalue weighted by Gasteiger charge is 2.56. The second kappa shape index (κ2) is 5.56. The van der Waals surface area contributed by atoms with Gasteiger partial charge < -0.3 is 15.2 Å². The normalized spacial score (nSPS) is 26.0. The van der Waals surface area contributed by atoms with Crippen LogP contribution in [-0.2, 0) is 9.59 Å². The first-order valence-corrected chi connectivity index (χ1v) is 7.39. The summed E-state index contributed by atoms with van der Waals surface area (Å²) in [6.07, 6.45) is 3.55. The number of amides is 1. The van der Waals surface area contributed by atoms with E-state index in [1.54, 1.807) is 18.2 Å². The van der Waals surface area contributed by atoms with Crippen LogP contribution >= 0.6 is 11.6 Å². The fourth-order valence-electron chi connectivity index (χ4n) is 3.27. The van der Waals surface area contributed by atoms with Crippen molar-refractivity contribution in [3.63, 3.8) is 0 Å². The van der Waals surface area contributed by atoms with E-state index in [2.05, 4.69) is 5.32 Å². The maximum atomic E-state index is 12.1. The number of ether oxygens (including phenoxy) is 1. The summed E-state index contributed by atoms with van der Waals surface area (Å²) in [5.41, 5.74) is 0.609. The van der Waals surface area contributed by atoms with Gasteiger partial charge in [-0.3, -0.25) is 4.79 Å². The van der Waals surface area contributed by atoms with Gasteiger partial charge in [0.15, 0.2) is 6.61 Å². The molecule has 6 heteroatoms. The minimum atomic E-state index is -1.07. The fourth-order valence-corrected chi connectivity index (χ4v) is 3.51. The number of carbonyl (C=O) groups excluding carboxylic acids is 1. The van der Waals surface area contributed by atoms with E-state index in [4.69, 9.17) is 21.4 Å². The molecule has 0 aromatic heterocycles. The van der Waals surface area contributed by atoms with Gasteiger partial charge in [0.2, 0.25) is 5.91 Å². The molecule has 2 unspecified atom stereocenters. The summed E-state index contributed by atoms with van der Waals surface area (Å²) in [7, 11) is 0. The number of fused-ring (bicyclic) bond motifs is 1. The third-order valence-corrected chi connectivity index (χ3v) is 4.56. The average Bonchev–Trinajstić information content (AvgIpc) is 2.91. The predicted molar refractivity (Wildman–Crippen MR) is 77.5 cm³/mol. The molecule has 3 rings (SSSR count). The summed E-state index contributed by atoms with van der Waals surface area (Å²) in [5, 5.41) is 11.7. The summed E-state index contributed by atoms with van der Waals surface area (Å²) in [6.45, 7) is -0.448. The molecule has 0 radical (unpaired) electrons. The number of rotatable bonds is 5. The summed E-state index contributed by atoms with van der Waals surface area (Å²) in [4.78, 5) is 22.6. The third kappa shape index (κ3) is 2.97. The molecule has 112 valence electrons. The van der Waals surface area contributed by atoms with Gasteiger partial charge in [-0.05, 0) is 42.9 Å². The molecule has 2 saturated carbocycles. The summed E-state index contributed by atoms with van der Waals surface area (Å²) in [6, 6.07) is 4.81. The monoisotopic (exact) mass is 309 g/mol. The van der Waals surface area contributed by atoms with Gasteiger partial charge in [0.05, 0.1) is 5.02 Å². The quantitative estimate of drug-likeness (QED) is 0.877. The molecule has 2 aliphatic carbocycles. The minimum absolute atomic E-state index is 0.0555. The van der Waals surface area contributed by atoms with E-state index in [9.17, 15) is 9.59 Å². The molecule has 0 aliphatic heterocycles. The molecule has 1 amide bonds. The van der Waals surface area contributed by atoms with Crippen LogP contribution in [0.5, 0.6) is 5.75 Å². The van der Waals surface area contributed by atoms with Crippen molar-refractivity contribution in [2.75, 3.05) is 11.9 Å². The molecule has 1 aromatic rings. The number of carboxylic acid groups (broad SMARTS) is 1. The summed E-state index contributed by atoms with van der Waals surface area (Å²) >= 11 is 6.02. The zero-order valence-corrected chi connectivity index (χ0v) is 12.1. The smallest absolute Gasteiger partial charge is 0.341 e. The van der Waals surface area contributed by atoms with E-state index >= 15 is 0 Å². The lowest BCUT2D eigenvalue weighted by Crippen LogP contribution is -2.16. The molecule has 5 nitrogen and oxygen atoms in total. The van der Waals surface area contributed by atoms with Crippen molar-refractivity contribution in [3.05, 3.63) is 23.2 Å². The molecule has 21 heavy (non-hydrogen) atoms. The van der Waals surface area contributed by atoms with E-state index in [0.717, 1.165) is 12.8 Å². The van der Waals surface area contributed by atoms with Crippen molar-refractivity contribution < 1.29 is 19.4 Å². The minimum Gasteiger partial charge on any atom is -0.480 e. The van der Waals surface area contributed by atoms with Gasteiger partial charge in [0.1, 0.15) is 5.75 Å². The van der Waals surface area contributed by atoms with E-state index in [1.165, 1.54) is 6.42 Å². The van der Waals surface area contributed by atoms with Crippen molar-refractivity contribution in [1.29, 1.82) is 0 Å². The molecule has 0 bridgehead atoms. The lowest BCUT2D eigenvalue weighted by atomic mass is 10.1. The Hall–Kier alpha value is -1.75. The summed E-state index contributed by atoms with van der Waals surface area (Å²) < 4.78 is 5.03. The molecule has 1 aromatic carbocycles. The Morgan fingerprint density at radius 2 is 2.05 bits per heavy atom. The number of benzene rings is 1. The van der Waals surface area contributed by atoms with Crippen LogP contribution in [0.3, 0.4) is 0 Å². The Kier molecular flexibility index (Phi) is 3.76. The number of hydrogen-bond donors (Lipinski definition) is 2. The molecule has 2 atom stereocenters. The number of anilines is 1. The predicted octanol–water partition coefficient (Wildman–Crippen LogP) is 2.79. The Balaban J connectivity index is 1.60. The Morgan fingerprint density at radius 1 is 1.33 bits per heavy atom. The first kappa shape index (κ1) is 14.2. The maximum absolute atomic E-state index is 12.1. The first-order chi connectivity index (χ1) is 10.1. The van der Waals surface area contributed by atoms with Crippen LogP contribution < -0.4 is 10.1 Å². The number of nitrogens with one attached hydrogen (secondary N) is 1. The second-order valence-electron chi connectivity index (χ2n) is 5.60. The van der Waals surface area contributed by atoms with Crippen LogP contribution in [0.1, 0.15) is 19.3 Å². The molecule has 0 heterocycles. The summed E-state index contributed by atoms with van der Waals surface area (Å²) in [5.74, 6) is 0.571. The molecule has 0 saturated heterocycles. The lowest BCUT2D eigenvalue weighted by Gasteiger charge is -2.10. The Labute approximate surface area is 127 Å². The Morgan fingerprint density at radius 3 is 2.67 bits per heavy atom. The zero-order chi connectivity index (χ0) is 15.0. The number of halogens is 1. The molecule has 0 spiro atoms. The highest BCUT2D eigenvalue weighted by atomic mass is 35.5. The van der Waals surface area contributed by atoms with Crippen molar-refractivity contribution in [2.24, 2.45) is 17.8 Å². The van der Waals surface area contributed by atoms with Crippen LogP contribution in [-0.4, -0.2) is 23.6 Å². The highest BCUT2D eigenvalue weighted by Crippen LogP contribution is 2.57. The fraction of sp³-hybridized carbons (Fsp3) is 0.467. The molecule has 2 N–H and O–H groups in total. The zero-order valence-electron chi connectivity index (χ0n) is 11.3. The molecule has 2 fully saturated rings. The SMILES string of the molecule is O=C(O)COc1ccc(NC(=O)C2C3CCCC32)cc1Cl. The van der Waals surface area contributed by atoms with E-state index < -0.39 is 12.6 Å². The van der Waals surface area contributed by atoms with E-state index in [1.807, 2.05) is 0 Å². The molecular weight excluding hydrogens is 294 g/mol. The number of carboxylic acids is 1. The lowest BCUT2D eigenvalue weighted by molar-refractivity contribution is -0.139. The van der Waals surface area contributed by atoms with Crippen LogP contribution in [0.15, 0.2) is 18.2 Å². The van der Waals surface area contributed by atoms with Gasteiger partial charge in [-0.1, -0.05) is 18.0 Å². The van der Waals surface area contributed by atoms with Gasteiger partial charge in [-0.25, -0.2) is 4.79 Å². The van der Waals surface area contributed by atoms with Gasteiger partial charge >= 0.3 is 5.97 Å². The van der Waals surface area contributed by atoms with Crippen LogP contribution in [0.4, 0.5) is 5.69 Å². The highest BCUT2D eigenvalue weighted by molar-refractivity contribution is 6.32. The number of hydrogen-bond acceptors (Lipinski definition) is 3. The molecular formula is C15H16ClNO4. The van der Waals surface area contributed by atoms with Gasteiger partial charge in [-0.2, -0.15) is 0 Å². The average molecular weight is 310 g/mol. The Bertz CT molecular complexity index is 579. The van der Waals surface area contributed by atoms with Crippen LogP contribution in [0, 0.1) is 17.8 Å². The number of aliphatic carboxylic acids is 1.